The number of piperidine rings is 1. The highest BCUT2D eigenvalue weighted by atomic mass is 19.4. The Morgan fingerprint density at radius 3 is 2.48 bits per heavy atom. The van der Waals surface area contributed by atoms with Crippen molar-refractivity contribution in [2.24, 2.45) is 5.41 Å². The van der Waals surface area contributed by atoms with E-state index in [2.05, 4.69) is 46.4 Å². The van der Waals surface area contributed by atoms with Gasteiger partial charge in [0.2, 0.25) is 11.9 Å². The lowest BCUT2D eigenvalue weighted by Crippen LogP contribution is -2.68. The van der Waals surface area contributed by atoms with E-state index in [4.69, 9.17) is 25.8 Å². The third kappa shape index (κ3) is 5.77. The van der Waals surface area contributed by atoms with E-state index in [1.807, 2.05) is 17.9 Å². The molecule has 0 bridgehead atoms. The first kappa shape index (κ1) is 34.4. The van der Waals surface area contributed by atoms with Crippen molar-refractivity contribution in [3.05, 3.63) is 59.7 Å². The second-order valence-corrected chi connectivity index (χ2v) is 15.3. The van der Waals surface area contributed by atoms with Crippen LogP contribution in [0.1, 0.15) is 55.2 Å². The summed E-state index contributed by atoms with van der Waals surface area (Å²) in [6.45, 7) is 12.0. The molecule has 0 unspecified atom stereocenters. The Kier molecular flexibility index (Phi) is 8.27. The minimum absolute atomic E-state index is 0.0321. The lowest BCUT2D eigenvalue weighted by molar-refractivity contribution is -0.153. The number of likely N-dealkylation sites (N-methyl/N-ethyl adjacent to an activating group) is 1. The number of benzene rings is 2. The summed E-state index contributed by atoms with van der Waals surface area (Å²) in [5.74, 6) is 1.25. The Balaban J connectivity index is 1.30. The molecule has 2 spiro atoms. The number of nitrogens with zero attached hydrogens (tertiary/aromatic N) is 6. The van der Waals surface area contributed by atoms with Crippen LogP contribution in [0.4, 0.5) is 30.6 Å². The number of hydrogen-bond acceptors (Lipinski definition) is 9. The standard InChI is InChI=1S/C39H45F3N8O2/c1-4-30(51)48-19-37(20-48)12-15-47(16-13-37)35-27-17-26(25-8-9-25)32(31-24(3)7-10-29(44)28(31)18-43)34(52-23-39(40,41)42)33(27)45-36(46-35)49-21-38(22-49)11-6-14-50(38)5-2/h4,6-7,10-11,17-18,25,43H,1,5,8-9,12-16,19-23,44H2,2-3H3. The van der Waals surface area contributed by atoms with Crippen LogP contribution in [0.5, 0.6) is 5.75 Å². The van der Waals surface area contributed by atoms with Crippen LogP contribution in [0.15, 0.2) is 43.0 Å². The molecule has 0 radical (unpaired) electrons. The third-order valence-corrected chi connectivity index (χ3v) is 11.9. The van der Waals surface area contributed by atoms with Crippen molar-refractivity contribution >= 4 is 40.5 Å². The van der Waals surface area contributed by atoms with Crippen molar-refractivity contribution in [1.82, 2.24) is 19.8 Å². The summed E-state index contributed by atoms with van der Waals surface area (Å²) in [4.78, 5) is 31.1. The molecule has 8 rings (SSSR count). The summed E-state index contributed by atoms with van der Waals surface area (Å²) in [7, 11) is 0. The molecule has 1 saturated carbocycles. The molecule has 1 amide bonds. The second-order valence-electron chi connectivity index (χ2n) is 15.3. The normalized spacial score (nSPS) is 20.8. The first-order valence-corrected chi connectivity index (χ1v) is 18.2. The monoisotopic (exact) mass is 714 g/mol. The lowest BCUT2D eigenvalue weighted by atomic mass is 9.72. The topological polar surface area (TPSA) is 115 Å². The van der Waals surface area contributed by atoms with E-state index in [0.29, 0.717) is 84.3 Å². The zero-order chi connectivity index (χ0) is 36.6. The molecule has 1 aromatic heterocycles. The van der Waals surface area contributed by atoms with E-state index in [1.54, 1.807) is 6.07 Å². The van der Waals surface area contributed by atoms with Gasteiger partial charge in [-0.15, -0.1) is 0 Å². The molecule has 0 atom stereocenters. The van der Waals surface area contributed by atoms with E-state index in [0.717, 1.165) is 49.9 Å². The molecule has 5 aliphatic rings. The average molecular weight is 715 g/mol. The van der Waals surface area contributed by atoms with Gasteiger partial charge in [0.25, 0.3) is 0 Å². The van der Waals surface area contributed by atoms with Crippen molar-refractivity contribution in [3.63, 3.8) is 0 Å². The maximum absolute atomic E-state index is 14.1. The van der Waals surface area contributed by atoms with Gasteiger partial charge in [0.05, 0.1) is 5.54 Å². The summed E-state index contributed by atoms with van der Waals surface area (Å²) in [5, 5.41) is 8.96. The van der Waals surface area contributed by atoms with Crippen LogP contribution in [-0.2, 0) is 4.79 Å². The number of nitrogens with two attached hydrogens (primary N) is 1. The smallest absolute Gasteiger partial charge is 0.422 e. The molecule has 5 heterocycles. The van der Waals surface area contributed by atoms with Crippen molar-refractivity contribution in [3.8, 4) is 16.9 Å². The number of nitrogen functional groups attached to an aromatic ring is 1. The Morgan fingerprint density at radius 2 is 1.85 bits per heavy atom. The fraction of sp³-hybridized carbons (Fsp3) is 0.487. The molecule has 4 aliphatic heterocycles. The highest BCUT2D eigenvalue weighted by Gasteiger charge is 2.49. The first-order valence-electron chi connectivity index (χ1n) is 18.2. The van der Waals surface area contributed by atoms with Crippen LogP contribution in [0.2, 0.25) is 0 Å². The zero-order valence-corrected chi connectivity index (χ0v) is 29.7. The fourth-order valence-corrected chi connectivity index (χ4v) is 8.86. The number of fused-ring (bicyclic) bond motifs is 1. The van der Waals surface area contributed by atoms with Gasteiger partial charge in [-0.2, -0.15) is 18.2 Å². The van der Waals surface area contributed by atoms with Crippen molar-refractivity contribution < 1.29 is 22.7 Å². The van der Waals surface area contributed by atoms with Crippen LogP contribution in [0.25, 0.3) is 22.0 Å². The van der Waals surface area contributed by atoms with Gasteiger partial charge in [0.15, 0.2) is 12.4 Å². The van der Waals surface area contributed by atoms with Crippen LogP contribution in [-0.4, -0.2) is 103 Å². The Bertz CT molecular complexity index is 1990. The first-order chi connectivity index (χ1) is 24.9. The molecular formula is C39H45F3N8O2. The Hall–Kier alpha value is -4.65. The van der Waals surface area contributed by atoms with Crippen molar-refractivity contribution in [2.75, 3.05) is 74.5 Å². The van der Waals surface area contributed by atoms with E-state index >= 15 is 0 Å². The third-order valence-electron chi connectivity index (χ3n) is 11.9. The predicted molar refractivity (Wildman–Crippen MR) is 198 cm³/mol. The van der Waals surface area contributed by atoms with Gasteiger partial charge in [0.1, 0.15) is 11.3 Å². The summed E-state index contributed by atoms with van der Waals surface area (Å²) < 4.78 is 48.1. The van der Waals surface area contributed by atoms with Crippen molar-refractivity contribution in [1.29, 1.82) is 5.41 Å². The highest BCUT2D eigenvalue weighted by molar-refractivity contribution is 6.05. The number of likely N-dealkylation sites (tertiary alicyclic amines) is 1. The summed E-state index contributed by atoms with van der Waals surface area (Å²) in [6.07, 6.45) is 5.85. The number of ether oxygens (including phenoxy) is 1. The number of aromatic nitrogens is 2. The number of carbonyl (C=O) groups excluding carboxylic acids is 1. The number of anilines is 3. The SMILES string of the molecule is C=CC(=O)N1CC2(CCN(c3nc(N4CC5(C=CCN5CC)C4)nc4c(OCC(F)(F)F)c(-c5c(C)ccc(N)c5C=N)c(C5CC5)cc34)CC2)C1. The minimum Gasteiger partial charge on any atom is -0.481 e. The molecule has 274 valence electrons. The summed E-state index contributed by atoms with van der Waals surface area (Å²) in [6, 6.07) is 5.62. The van der Waals surface area contributed by atoms with Gasteiger partial charge in [-0.1, -0.05) is 31.7 Å². The molecule has 4 fully saturated rings. The van der Waals surface area contributed by atoms with Gasteiger partial charge >= 0.3 is 6.18 Å². The molecule has 13 heteroatoms. The molecule has 10 nitrogen and oxygen atoms in total. The number of halogens is 3. The van der Waals surface area contributed by atoms with E-state index in [1.165, 1.54) is 12.3 Å². The number of rotatable bonds is 9. The molecule has 1 aliphatic carbocycles. The quantitative estimate of drug-likeness (QED) is 0.119. The van der Waals surface area contributed by atoms with Crippen LogP contribution < -0.4 is 20.3 Å². The van der Waals surface area contributed by atoms with E-state index < -0.39 is 12.8 Å². The number of amides is 1. The Labute approximate surface area is 301 Å². The highest BCUT2D eigenvalue weighted by Crippen LogP contribution is 2.53. The lowest BCUT2D eigenvalue weighted by Gasteiger charge is -2.54. The van der Waals surface area contributed by atoms with Gasteiger partial charge in [-0.3, -0.25) is 9.69 Å². The van der Waals surface area contributed by atoms with E-state index in [9.17, 15) is 18.0 Å². The minimum atomic E-state index is -4.60. The number of alkyl halides is 3. The largest absolute Gasteiger partial charge is 0.481 e. The number of nitrogens with one attached hydrogen (secondary N) is 1. The molecule has 3 N–H and O–H groups in total. The van der Waals surface area contributed by atoms with Crippen molar-refractivity contribution in [2.45, 2.75) is 57.2 Å². The van der Waals surface area contributed by atoms with Gasteiger partial charge in [-0.25, -0.2) is 4.98 Å². The average Bonchev–Trinajstić information content (AvgIpc) is 3.85. The number of hydrogen-bond donors (Lipinski definition) is 2. The molecule has 3 aromatic rings. The van der Waals surface area contributed by atoms with Crippen LogP contribution >= 0.6 is 0 Å². The molecule has 3 saturated heterocycles. The number of aryl methyl sites for hydroxylation is 1. The number of carbonyl (C=O) groups is 1. The molecule has 52 heavy (non-hydrogen) atoms. The van der Waals surface area contributed by atoms with E-state index in [-0.39, 0.29) is 28.5 Å². The summed E-state index contributed by atoms with van der Waals surface area (Å²) in [5.41, 5.74) is 10.2. The van der Waals surface area contributed by atoms with Crippen LogP contribution in [0, 0.1) is 17.7 Å². The maximum atomic E-state index is 14.1. The molecule has 2 aromatic carbocycles. The van der Waals surface area contributed by atoms with Crippen LogP contribution in [0.3, 0.4) is 0 Å². The Morgan fingerprint density at radius 1 is 1.12 bits per heavy atom. The zero-order valence-electron chi connectivity index (χ0n) is 29.7. The van der Waals surface area contributed by atoms with Gasteiger partial charge in [-0.05, 0) is 80.0 Å². The summed E-state index contributed by atoms with van der Waals surface area (Å²) >= 11 is 0. The van der Waals surface area contributed by atoms with Gasteiger partial charge < -0.3 is 30.6 Å². The fourth-order valence-electron chi connectivity index (χ4n) is 8.86. The maximum Gasteiger partial charge on any atom is 0.422 e. The predicted octanol–water partition coefficient (Wildman–Crippen LogP) is 6.07. The van der Waals surface area contributed by atoms with Gasteiger partial charge in [0, 0.05) is 79.6 Å². The molecular weight excluding hydrogens is 669 g/mol. The second kappa shape index (κ2) is 12.5.